The molecule has 4 N–H and O–H groups in total. The predicted molar refractivity (Wildman–Crippen MR) is 52.9 cm³/mol. The van der Waals surface area contributed by atoms with Crippen LogP contribution < -0.4 is 11.5 Å². The van der Waals surface area contributed by atoms with Gasteiger partial charge in [-0.2, -0.15) is 0 Å². The zero-order chi connectivity index (χ0) is 9.26. The third-order valence-corrected chi connectivity index (χ3v) is 2.52. The van der Waals surface area contributed by atoms with Crippen LogP contribution in [-0.4, -0.2) is 4.98 Å². The average Bonchev–Trinajstić information content (AvgIpc) is 2.89. The van der Waals surface area contributed by atoms with Gasteiger partial charge in [-0.05, 0) is 24.0 Å². The molecule has 0 aromatic carbocycles. The van der Waals surface area contributed by atoms with E-state index in [1.54, 1.807) is 6.20 Å². The highest BCUT2D eigenvalue weighted by Gasteiger charge is 2.24. The molecule has 0 aliphatic heterocycles. The number of nitrogens with two attached hydrogens (primary N) is 2. The first kappa shape index (κ1) is 8.51. The highest BCUT2D eigenvalue weighted by Crippen LogP contribution is 2.36. The van der Waals surface area contributed by atoms with Crippen molar-refractivity contribution in [3.8, 4) is 0 Å². The van der Waals surface area contributed by atoms with Gasteiger partial charge < -0.3 is 11.5 Å². The maximum absolute atomic E-state index is 6.01. The Hall–Kier alpha value is -1.09. The SMILES string of the molecule is Nc1ccc(C(N)CC2CC2)cn1. The summed E-state index contributed by atoms with van der Waals surface area (Å²) in [7, 11) is 0. The summed E-state index contributed by atoms with van der Waals surface area (Å²) in [4.78, 5) is 4.03. The Labute approximate surface area is 78.1 Å². The number of hydrogen-bond acceptors (Lipinski definition) is 3. The molecular formula is C10H15N3. The van der Waals surface area contributed by atoms with Crippen LogP contribution in [0, 0.1) is 5.92 Å². The zero-order valence-corrected chi connectivity index (χ0v) is 7.61. The summed E-state index contributed by atoms with van der Waals surface area (Å²) in [6.07, 6.45) is 5.56. The standard InChI is InChI=1S/C10H15N3/c11-9(5-7-1-2-7)8-3-4-10(12)13-6-8/h3-4,6-7,9H,1-2,5,11H2,(H2,12,13). The van der Waals surface area contributed by atoms with E-state index in [2.05, 4.69) is 4.98 Å². The Bertz CT molecular complexity index is 277. The second-order valence-electron chi connectivity index (χ2n) is 3.80. The second-order valence-corrected chi connectivity index (χ2v) is 3.80. The molecule has 1 unspecified atom stereocenters. The van der Waals surface area contributed by atoms with Crippen molar-refractivity contribution < 1.29 is 0 Å². The Morgan fingerprint density at radius 1 is 1.46 bits per heavy atom. The van der Waals surface area contributed by atoms with Crippen LogP contribution in [0.15, 0.2) is 18.3 Å². The van der Waals surface area contributed by atoms with E-state index in [4.69, 9.17) is 11.5 Å². The van der Waals surface area contributed by atoms with Crippen molar-refractivity contribution >= 4 is 5.82 Å². The summed E-state index contributed by atoms with van der Waals surface area (Å²) in [6, 6.07) is 3.91. The van der Waals surface area contributed by atoms with Gasteiger partial charge in [0.15, 0.2) is 0 Å². The monoisotopic (exact) mass is 177 g/mol. The van der Waals surface area contributed by atoms with Crippen LogP contribution in [0.5, 0.6) is 0 Å². The Morgan fingerprint density at radius 3 is 2.77 bits per heavy atom. The summed E-state index contributed by atoms with van der Waals surface area (Å²) in [6.45, 7) is 0. The molecule has 1 fully saturated rings. The van der Waals surface area contributed by atoms with Crippen molar-refractivity contribution in [2.75, 3.05) is 5.73 Å². The highest BCUT2D eigenvalue weighted by atomic mass is 14.8. The maximum atomic E-state index is 6.01. The molecule has 1 aromatic rings. The van der Waals surface area contributed by atoms with Gasteiger partial charge in [0.1, 0.15) is 5.82 Å². The van der Waals surface area contributed by atoms with E-state index >= 15 is 0 Å². The molecule has 1 atom stereocenters. The van der Waals surface area contributed by atoms with Crippen molar-refractivity contribution in [3.63, 3.8) is 0 Å². The Balaban J connectivity index is 2.01. The van der Waals surface area contributed by atoms with Gasteiger partial charge in [-0.25, -0.2) is 4.98 Å². The number of hydrogen-bond donors (Lipinski definition) is 2. The normalized spacial score (nSPS) is 18.5. The molecule has 3 nitrogen and oxygen atoms in total. The van der Waals surface area contributed by atoms with Crippen molar-refractivity contribution in [2.45, 2.75) is 25.3 Å². The number of nitrogens with zero attached hydrogens (tertiary/aromatic N) is 1. The van der Waals surface area contributed by atoms with E-state index in [1.165, 1.54) is 12.8 Å². The molecule has 1 saturated carbocycles. The van der Waals surface area contributed by atoms with Crippen molar-refractivity contribution in [3.05, 3.63) is 23.9 Å². The van der Waals surface area contributed by atoms with Gasteiger partial charge in [-0.15, -0.1) is 0 Å². The lowest BCUT2D eigenvalue weighted by atomic mass is 10.0. The third-order valence-electron chi connectivity index (χ3n) is 2.52. The maximum Gasteiger partial charge on any atom is 0.123 e. The van der Waals surface area contributed by atoms with Gasteiger partial charge in [0.05, 0.1) is 0 Å². The Morgan fingerprint density at radius 2 is 2.23 bits per heavy atom. The van der Waals surface area contributed by atoms with Crippen molar-refractivity contribution in [1.29, 1.82) is 0 Å². The summed E-state index contributed by atoms with van der Waals surface area (Å²) in [5.74, 6) is 1.41. The predicted octanol–water partition coefficient (Wildman–Crippen LogP) is 1.46. The third kappa shape index (κ3) is 2.18. The van der Waals surface area contributed by atoms with Crippen LogP contribution >= 0.6 is 0 Å². The van der Waals surface area contributed by atoms with Crippen LogP contribution in [0.3, 0.4) is 0 Å². The Kier molecular flexibility index (Phi) is 2.19. The van der Waals surface area contributed by atoms with E-state index in [9.17, 15) is 0 Å². The largest absolute Gasteiger partial charge is 0.384 e. The number of anilines is 1. The summed E-state index contributed by atoms with van der Waals surface area (Å²) < 4.78 is 0. The van der Waals surface area contributed by atoms with E-state index in [0.717, 1.165) is 17.9 Å². The number of aromatic nitrogens is 1. The lowest BCUT2D eigenvalue weighted by molar-refractivity contribution is 0.595. The van der Waals surface area contributed by atoms with Gasteiger partial charge in [0, 0.05) is 12.2 Å². The molecule has 0 radical (unpaired) electrons. The molecule has 3 heteroatoms. The lowest BCUT2D eigenvalue weighted by Crippen LogP contribution is -2.11. The molecule has 1 aliphatic carbocycles. The molecule has 13 heavy (non-hydrogen) atoms. The lowest BCUT2D eigenvalue weighted by Gasteiger charge is -2.10. The number of rotatable bonds is 3. The van der Waals surface area contributed by atoms with Crippen LogP contribution in [0.1, 0.15) is 30.9 Å². The van der Waals surface area contributed by atoms with Crippen LogP contribution in [0.25, 0.3) is 0 Å². The van der Waals surface area contributed by atoms with Crippen LogP contribution in [0.2, 0.25) is 0 Å². The molecule has 0 spiro atoms. The summed E-state index contributed by atoms with van der Waals surface area (Å²) in [5.41, 5.74) is 12.6. The minimum Gasteiger partial charge on any atom is -0.384 e. The van der Waals surface area contributed by atoms with Crippen LogP contribution in [-0.2, 0) is 0 Å². The fourth-order valence-electron chi connectivity index (χ4n) is 1.48. The second kappa shape index (κ2) is 3.34. The molecule has 0 amide bonds. The first-order valence-electron chi connectivity index (χ1n) is 4.72. The van der Waals surface area contributed by atoms with E-state index in [1.807, 2.05) is 12.1 Å². The molecule has 70 valence electrons. The zero-order valence-electron chi connectivity index (χ0n) is 7.61. The van der Waals surface area contributed by atoms with Gasteiger partial charge >= 0.3 is 0 Å². The van der Waals surface area contributed by atoms with E-state index in [0.29, 0.717) is 5.82 Å². The summed E-state index contributed by atoms with van der Waals surface area (Å²) in [5, 5.41) is 0. The molecule has 1 heterocycles. The minimum absolute atomic E-state index is 0.139. The van der Waals surface area contributed by atoms with Gasteiger partial charge in [0.2, 0.25) is 0 Å². The fourth-order valence-corrected chi connectivity index (χ4v) is 1.48. The molecule has 0 saturated heterocycles. The molecule has 1 aliphatic rings. The minimum atomic E-state index is 0.139. The smallest absolute Gasteiger partial charge is 0.123 e. The number of nitrogen functional groups attached to an aromatic ring is 1. The number of pyridine rings is 1. The molecule has 0 bridgehead atoms. The van der Waals surface area contributed by atoms with E-state index in [-0.39, 0.29) is 6.04 Å². The van der Waals surface area contributed by atoms with Crippen LogP contribution in [0.4, 0.5) is 5.82 Å². The molecule has 1 aromatic heterocycles. The first-order chi connectivity index (χ1) is 6.25. The van der Waals surface area contributed by atoms with E-state index < -0.39 is 0 Å². The van der Waals surface area contributed by atoms with Gasteiger partial charge in [0.25, 0.3) is 0 Å². The van der Waals surface area contributed by atoms with Gasteiger partial charge in [-0.1, -0.05) is 18.9 Å². The molecular weight excluding hydrogens is 162 g/mol. The highest BCUT2D eigenvalue weighted by molar-refractivity contribution is 5.30. The topological polar surface area (TPSA) is 64.9 Å². The first-order valence-corrected chi connectivity index (χ1v) is 4.72. The van der Waals surface area contributed by atoms with Gasteiger partial charge in [-0.3, -0.25) is 0 Å². The van der Waals surface area contributed by atoms with Crippen molar-refractivity contribution in [2.24, 2.45) is 11.7 Å². The molecule has 2 rings (SSSR count). The summed E-state index contributed by atoms with van der Waals surface area (Å²) >= 11 is 0. The quantitative estimate of drug-likeness (QED) is 0.734. The van der Waals surface area contributed by atoms with Crippen molar-refractivity contribution in [1.82, 2.24) is 4.98 Å². The average molecular weight is 177 g/mol. The fraction of sp³-hybridized carbons (Fsp3) is 0.500.